The molecule has 6 nitrogen and oxygen atoms in total. The summed E-state index contributed by atoms with van der Waals surface area (Å²) in [6, 6.07) is 8.14. The number of carbonyl (C=O) groups is 3. The lowest BCUT2D eigenvalue weighted by atomic mass is 10.1. The van der Waals surface area contributed by atoms with Gasteiger partial charge in [0.25, 0.3) is 0 Å². The van der Waals surface area contributed by atoms with Gasteiger partial charge >= 0.3 is 17.8 Å². The average molecular weight is 265 g/mol. The van der Waals surface area contributed by atoms with Crippen molar-refractivity contribution in [2.45, 2.75) is 12.5 Å². The molecule has 1 aromatic carbocycles. The van der Waals surface area contributed by atoms with Gasteiger partial charge in [-0.15, -0.1) is 0 Å². The summed E-state index contributed by atoms with van der Waals surface area (Å²) in [6.07, 6.45) is 0.232. The Kier molecular flexibility index (Phi) is 5.53. The maximum absolute atomic E-state index is 11.6. The molecule has 0 unspecified atom stereocenters. The Morgan fingerprint density at radius 3 is 2.26 bits per heavy atom. The molecule has 0 saturated carbocycles. The third-order valence-corrected chi connectivity index (χ3v) is 2.44. The summed E-state index contributed by atoms with van der Waals surface area (Å²) in [5.74, 6) is -2.66. The largest absolute Gasteiger partial charge is 0.467 e. The van der Waals surface area contributed by atoms with Crippen molar-refractivity contribution < 1.29 is 23.9 Å². The van der Waals surface area contributed by atoms with Crippen LogP contribution < -0.4 is 5.32 Å². The van der Waals surface area contributed by atoms with E-state index < -0.39 is 23.9 Å². The molecule has 19 heavy (non-hydrogen) atoms. The third-order valence-electron chi connectivity index (χ3n) is 2.44. The van der Waals surface area contributed by atoms with E-state index in [-0.39, 0.29) is 6.42 Å². The minimum absolute atomic E-state index is 0.232. The molecule has 102 valence electrons. The zero-order valence-electron chi connectivity index (χ0n) is 10.7. The molecule has 1 aromatic rings. The molecule has 0 radical (unpaired) electrons. The molecule has 0 aliphatic rings. The summed E-state index contributed by atoms with van der Waals surface area (Å²) < 4.78 is 8.87. The van der Waals surface area contributed by atoms with Crippen molar-refractivity contribution in [1.29, 1.82) is 0 Å². The number of carbonyl (C=O) groups excluding carboxylic acids is 3. The van der Waals surface area contributed by atoms with Gasteiger partial charge in [0.05, 0.1) is 14.2 Å². The molecule has 1 atom stereocenters. The minimum Gasteiger partial charge on any atom is -0.467 e. The van der Waals surface area contributed by atoms with Gasteiger partial charge in [-0.2, -0.15) is 0 Å². The highest BCUT2D eigenvalue weighted by Gasteiger charge is 2.25. The first-order chi connectivity index (χ1) is 9.08. The van der Waals surface area contributed by atoms with E-state index in [1.54, 1.807) is 12.1 Å². The van der Waals surface area contributed by atoms with Crippen LogP contribution in [0.5, 0.6) is 0 Å². The van der Waals surface area contributed by atoms with Gasteiger partial charge in [-0.1, -0.05) is 30.3 Å². The van der Waals surface area contributed by atoms with E-state index in [0.717, 1.165) is 12.7 Å². The zero-order chi connectivity index (χ0) is 14.3. The summed E-state index contributed by atoms with van der Waals surface area (Å²) >= 11 is 0. The van der Waals surface area contributed by atoms with E-state index in [9.17, 15) is 14.4 Å². The van der Waals surface area contributed by atoms with Crippen LogP contribution in [0.15, 0.2) is 30.3 Å². The summed E-state index contributed by atoms with van der Waals surface area (Å²) in [7, 11) is 2.30. The van der Waals surface area contributed by atoms with Gasteiger partial charge in [0.2, 0.25) is 0 Å². The van der Waals surface area contributed by atoms with Crippen LogP contribution >= 0.6 is 0 Å². The van der Waals surface area contributed by atoms with E-state index >= 15 is 0 Å². The number of hydrogen-bond donors (Lipinski definition) is 1. The van der Waals surface area contributed by atoms with E-state index in [1.165, 1.54) is 7.11 Å². The van der Waals surface area contributed by atoms with Gasteiger partial charge in [0, 0.05) is 6.42 Å². The van der Waals surface area contributed by atoms with Crippen LogP contribution in [0.1, 0.15) is 5.56 Å². The van der Waals surface area contributed by atoms with Crippen molar-refractivity contribution >= 4 is 17.8 Å². The number of hydrogen-bond acceptors (Lipinski definition) is 5. The number of rotatable bonds is 4. The third kappa shape index (κ3) is 4.42. The van der Waals surface area contributed by atoms with Crippen molar-refractivity contribution in [2.75, 3.05) is 14.2 Å². The number of methoxy groups -OCH3 is 2. The molecule has 1 rings (SSSR count). The first kappa shape index (κ1) is 14.7. The second-order valence-corrected chi connectivity index (χ2v) is 3.73. The number of ether oxygens (including phenoxy) is 2. The monoisotopic (exact) mass is 265 g/mol. The normalized spacial score (nSPS) is 11.3. The summed E-state index contributed by atoms with van der Waals surface area (Å²) in [5, 5.41) is 2.28. The van der Waals surface area contributed by atoms with Crippen LogP contribution in [0.25, 0.3) is 0 Å². The Bertz CT molecular complexity index is 457. The molecule has 0 aliphatic carbocycles. The van der Waals surface area contributed by atoms with Crippen molar-refractivity contribution in [2.24, 2.45) is 0 Å². The molecule has 0 fully saturated rings. The van der Waals surface area contributed by atoms with Crippen LogP contribution in [0.4, 0.5) is 0 Å². The van der Waals surface area contributed by atoms with Crippen molar-refractivity contribution in [3.05, 3.63) is 35.9 Å². The fourth-order valence-corrected chi connectivity index (χ4v) is 1.50. The van der Waals surface area contributed by atoms with Gasteiger partial charge in [-0.3, -0.25) is 4.79 Å². The number of amides is 1. The Labute approximate surface area is 110 Å². The molecule has 0 spiro atoms. The maximum Gasteiger partial charge on any atom is 0.396 e. The fraction of sp³-hybridized carbons (Fsp3) is 0.308. The Hall–Kier alpha value is -2.37. The lowest BCUT2D eigenvalue weighted by Gasteiger charge is -2.15. The second-order valence-electron chi connectivity index (χ2n) is 3.73. The first-order valence-corrected chi connectivity index (χ1v) is 5.59. The van der Waals surface area contributed by atoms with Crippen LogP contribution in [0.3, 0.4) is 0 Å². The van der Waals surface area contributed by atoms with Gasteiger partial charge in [0.1, 0.15) is 6.04 Å². The van der Waals surface area contributed by atoms with Crippen molar-refractivity contribution in [3.8, 4) is 0 Å². The Morgan fingerprint density at radius 2 is 1.74 bits per heavy atom. The van der Waals surface area contributed by atoms with Crippen LogP contribution in [-0.4, -0.2) is 38.1 Å². The van der Waals surface area contributed by atoms with E-state index in [4.69, 9.17) is 0 Å². The Balaban J connectivity index is 2.76. The molecule has 0 aliphatic heterocycles. The topological polar surface area (TPSA) is 81.7 Å². The van der Waals surface area contributed by atoms with Gasteiger partial charge in [0.15, 0.2) is 0 Å². The summed E-state index contributed by atoms with van der Waals surface area (Å²) in [4.78, 5) is 34.0. The van der Waals surface area contributed by atoms with Gasteiger partial charge < -0.3 is 14.8 Å². The first-order valence-electron chi connectivity index (χ1n) is 5.59. The standard InChI is InChI=1S/C13H15NO5/c1-18-12(16)10(14-11(15)13(17)19-2)8-9-6-4-3-5-7-9/h3-7,10H,8H2,1-2H3,(H,14,15)/t10-/m1/s1. The highest BCUT2D eigenvalue weighted by Crippen LogP contribution is 2.04. The lowest BCUT2D eigenvalue weighted by Crippen LogP contribution is -2.46. The van der Waals surface area contributed by atoms with Crippen molar-refractivity contribution in [3.63, 3.8) is 0 Å². The maximum atomic E-state index is 11.6. The number of esters is 2. The molecule has 6 heteroatoms. The van der Waals surface area contributed by atoms with Crippen LogP contribution in [0.2, 0.25) is 0 Å². The minimum atomic E-state index is -1.05. The average Bonchev–Trinajstić information content (AvgIpc) is 2.45. The molecule has 0 bridgehead atoms. The van der Waals surface area contributed by atoms with Gasteiger partial charge in [-0.05, 0) is 5.56 Å². The van der Waals surface area contributed by atoms with Gasteiger partial charge in [-0.25, -0.2) is 9.59 Å². The summed E-state index contributed by atoms with van der Waals surface area (Å²) in [5.41, 5.74) is 0.836. The zero-order valence-corrected chi connectivity index (χ0v) is 10.7. The number of benzene rings is 1. The SMILES string of the molecule is COC(=O)C(=O)N[C@H](Cc1ccccc1)C(=O)OC. The Morgan fingerprint density at radius 1 is 1.11 bits per heavy atom. The predicted octanol–water partition coefficient (Wildman–Crippen LogP) is 0.0599. The molecule has 0 saturated heterocycles. The highest BCUT2D eigenvalue weighted by molar-refractivity contribution is 6.32. The predicted molar refractivity (Wildman–Crippen MR) is 66.1 cm³/mol. The molecule has 1 amide bonds. The number of nitrogens with one attached hydrogen (secondary N) is 1. The van der Waals surface area contributed by atoms with E-state index in [0.29, 0.717) is 0 Å². The highest BCUT2D eigenvalue weighted by atomic mass is 16.5. The second kappa shape index (κ2) is 7.15. The molecular formula is C13H15NO5. The lowest BCUT2D eigenvalue weighted by molar-refractivity contribution is -0.154. The van der Waals surface area contributed by atoms with E-state index in [1.807, 2.05) is 18.2 Å². The van der Waals surface area contributed by atoms with E-state index in [2.05, 4.69) is 14.8 Å². The van der Waals surface area contributed by atoms with Crippen LogP contribution in [-0.2, 0) is 30.3 Å². The molecule has 0 heterocycles. The molecule has 1 N–H and O–H groups in total. The van der Waals surface area contributed by atoms with Crippen molar-refractivity contribution in [1.82, 2.24) is 5.32 Å². The van der Waals surface area contributed by atoms with Crippen LogP contribution in [0, 0.1) is 0 Å². The quantitative estimate of drug-likeness (QED) is 0.615. The smallest absolute Gasteiger partial charge is 0.396 e. The fourth-order valence-electron chi connectivity index (χ4n) is 1.50. The molecular weight excluding hydrogens is 250 g/mol. The molecule has 0 aromatic heterocycles. The summed E-state index contributed by atoms with van der Waals surface area (Å²) in [6.45, 7) is 0.